The molecule has 158 valence electrons. The van der Waals surface area contributed by atoms with E-state index in [1.54, 1.807) is 18.3 Å². The van der Waals surface area contributed by atoms with E-state index < -0.39 is 0 Å². The SMILES string of the molecule is Nc1ccc2c(c1)-c1cccnc1CC2.O=[N+]([O-])c1ccc2c(c1)-c1cccnc1CC2. The molecule has 0 saturated carbocycles. The predicted octanol–water partition coefficient (Wildman–Crippen LogP) is 5.18. The highest BCUT2D eigenvalue weighted by molar-refractivity contribution is 5.75. The number of non-ortho nitro benzene ring substituents is 1. The van der Waals surface area contributed by atoms with E-state index in [0.29, 0.717) is 0 Å². The van der Waals surface area contributed by atoms with E-state index in [-0.39, 0.29) is 10.6 Å². The third-order valence-corrected chi connectivity index (χ3v) is 6.06. The van der Waals surface area contributed by atoms with Gasteiger partial charge in [0.15, 0.2) is 0 Å². The number of hydrogen-bond acceptors (Lipinski definition) is 5. The number of nitro benzene ring substituents is 1. The Morgan fingerprint density at radius 2 is 1.28 bits per heavy atom. The molecule has 6 heteroatoms. The molecule has 0 fully saturated rings. The zero-order valence-corrected chi connectivity index (χ0v) is 17.5. The summed E-state index contributed by atoms with van der Waals surface area (Å²) in [6.45, 7) is 0. The molecule has 0 bridgehead atoms. The average Bonchev–Trinajstić information content (AvgIpc) is 2.84. The highest BCUT2D eigenvalue weighted by Gasteiger charge is 2.19. The van der Waals surface area contributed by atoms with Crippen LogP contribution in [-0.2, 0) is 25.7 Å². The second-order valence-corrected chi connectivity index (χ2v) is 8.01. The van der Waals surface area contributed by atoms with Gasteiger partial charge in [-0.3, -0.25) is 20.1 Å². The van der Waals surface area contributed by atoms with E-state index in [1.165, 1.54) is 22.4 Å². The lowest BCUT2D eigenvalue weighted by Gasteiger charge is -2.18. The number of nitrogens with two attached hydrogens (primary N) is 1. The summed E-state index contributed by atoms with van der Waals surface area (Å²) in [5.74, 6) is 0. The Kier molecular flexibility index (Phi) is 5.11. The quantitative estimate of drug-likeness (QED) is 0.259. The largest absolute Gasteiger partial charge is 0.399 e. The van der Waals surface area contributed by atoms with E-state index in [9.17, 15) is 10.1 Å². The number of nitro groups is 1. The van der Waals surface area contributed by atoms with Gasteiger partial charge in [-0.15, -0.1) is 0 Å². The molecule has 6 rings (SSSR count). The summed E-state index contributed by atoms with van der Waals surface area (Å²) in [7, 11) is 0. The zero-order valence-electron chi connectivity index (χ0n) is 17.5. The number of pyridine rings is 2. The highest BCUT2D eigenvalue weighted by Crippen LogP contribution is 2.35. The summed E-state index contributed by atoms with van der Waals surface area (Å²) >= 11 is 0. The molecule has 0 radical (unpaired) electrons. The fraction of sp³-hybridized carbons (Fsp3) is 0.154. The minimum atomic E-state index is -0.356. The molecule has 0 saturated heterocycles. The van der Waals surface area contributed by atoms with Crippen molar-refractivity contribution < 1.29 is 4.92 Å². The van der Waals surface area contributed by atoms with Crippen LogP contribution in [0.4, 0.5) is 11.4 Å². The number of rotatable bonds is 1. The van der Waals surface area contributed by atoms with Crippen LogP contribution >= 0.6 is 0 Å². The minimum absolute atomic E-state index is 0.139. The van der Waals surface area contributed by atoms with Gasteiger partial charge in [-0.2, -0.15) is 0 Å². The third kappa shape index (κ3) is 3.71. The molecular formula is C26H22N4O2. The van der Waals surface area contributed by atoms with Crippen molar-refractivity contribution in [3.63, 3.8) is 0 Å². The van der Waals surface area contributed by atoms with Crippen molar-refractivity contribution >= 4 is 11.4 Å². The minimum Gasteiger partial charge on any atom is -0.399 e. The Bertz CT molecular complexity index is 1330. The molecule has 2 aliphatic carbocycles. The van der Waals surface area contributed by atoms with Crippen molar-refractivity contribution in [3.05, 3.63) is 106 Å². The van der Waals surface area contributed by atoms with Crippen LogP contribution in [0.1, 0.15) is 22.5 Å². The van der Waals surface area contributed by atoms with E-state index in [2.05, 4.69) is 28.2 Å². The lowest BCUT2D eigenvalue weighted by atomic mass is 9.88. The Morgan fingerprint density at radius 1 is 0.719 bits per heavy atom. The Labute approximate surface area is 185 Å². The van der Waals surface area contributed by atoms with Gasteiger partial charge in [0.2, 0.25) is 0 Å². The monoisotopic (exact) mass is 422 g/mol. The van der Waals surface area contributed by atoms with Crippen molar-refractivity contribution in [1.82, 2.24) is 9.97 Å². The van der Waals surface area contributed by atoms with Gasteiger partial charge in [-0.05, 0) is 72.2 Å². The lowest BCUT2D eigenvalue weighted by molar-refractivity contribution is -0.384. The van der Waals surface area contributed by atoms with Crippen LogP contribution in [0.2, 0.25) is 0 Å². The van der Waals surface area contributed by atoms with Gasteiger partial charge < -0.3 is 5.73 Å². The summed E-state index contributed by atoms with van der Waals surface area (Å²) in [6, 6.07) is 19.2. The van der Waals surface area contributed by atoms with Gasteiger partial charge in [0.1, 0.15) is 0 Å². The molecule has 2 aromatic carbocycles. The van der Waals surface area contributed by atoms with E-state index >= 15 is 0 Å². The molecular weight excluding hydrogens is 400 g/mol. The first-order valence-electron chi connectivity index (χ1n) is 10.6. The van der Waals surface area contributed by atoms with Gasteiger partial charge in [-0.25, -0.2) is 0 Å². The fourth-order valence-electron chi connectivity index (χ4n) is 4.48. The van der Waals surface area contributed by atoms with E-state index in [1.807, 2.05) is 36.5 Å². The Balaban J connectivity index is 0.000000136. The standard InChI is InChI=1S/C13H10N2O2.C13H12N2/c16-15(17)10-5-3-9-4-6-13-11(12(9)8-10)2-1-7-14-13;14-10-5-3-9-4-6-13-11(12(9)8-10)2-1-7-15-13/h1-3,5,7-8H,4,6H2;1-3,5,7-8H,4,6,14H2. The number of nitrogen functional groups attached to an aromatic ring is 1. The molecule has 32 heavy (non-hydrogen) atoms. The molecule has 0 aliphatic heterocycles. The number of fused-ring (bicyclic) bond motifs is 6. The van der Waals surface area contributed by atoms with Gasteiger partial charge in [0, 0.05) is 52.7 Å². The summed E-state index contributed by atoms with van der Waals surface area (Å²) in [5.41, 5.74) is 16.0. The maximum absolute atomic E-state index is 10.8. The van der Waals surface area contributed by atoms with Crippen LogP contribution in [-0.4, -0.2) is 14.9 Å². The number of aromatic nitrogens is 2. The van der Waals surface area contributed by atoms with Crippen molar-refractivity contribution in [2.75, 3.05) is 5.73 Å². The van der Waals surface area contributed by atoms with Crippen LogP contribution in [0.5, 0.6) is 0 Å². The Morgan fingerprint density at radius 3 is 1.88 bits per heavy atom. The van der Waals surface area contributed by atoms with Crippen LogP contribution < -0.4 is 5.73 Å². The van der Waals surface area contributed by atoms with Gasteiger partial charge in [0.25, 0.3) is 5.69 Å². The first-order valence-corrected chi connectivity index (χ1v) is 10.6. The molecule has 6 nitrogen and oxygen atoms in total. The molecule has 0 atom stereocenters. The second-order valence-electron chi connectivity index (χ2n) is 8.01. The van der Waals surface area contributed by atoms with Gasteiger partial charge in [-0.1, -0.05) is 24.3 Å². The van der Waals surface area contributed by atoms with Crippen molar-refractivity contribution in [1.29, 1.82) is 0 Å². The topological polar surface area (TPSA) is 94.9 Å². The molecule has 4 aromatic rings. The molecule has 0 spiro atoms. The van der Waals surface area contributed by atoms with Gasteiger partial charge >= 0.3 is 0 Å². The third-order valence-electron chi connectivity index (χ3n) is 6.06. The summed E-state index contributed by atoms with van der Waals surface area (Å²) in [6.07, 6.45) is 7.53. The molecule has 2 heterocycles. The highest BCUT2D eigenvalue weighted by atomic mass is 16.6. The first-order chi connectivity index (χ1) is 15.6. The average molecular weight is 422 g/mol. The van der Waals surface area contributed by atoms with E-state index in [0.717, 1.165) is 53.8 Å². The Hall–Kier alpha value is -4.06. The smallest absolute Gasteiger partial charge is 0.270 e. The lowest BCUT2D eigenvalue weighted by Crippen LogP contribution is -2.06. The molecule has 0 unspecified atom stereocenters. The second kappa shape index (κ2) is 8.23. The predicted molar refractivity (Wildman–Crippen MR) is 125 cm³/mol. The summed E-state index contributed by atoms with van der Waals surface area (Å²) in [5, 5.41) is 10.8. The van der Waals surface area contributed by atoms with Crippen molar-refractivity contribution in [2.24, 2.45) is 0 Å². The van der Waals surface area contributed by atoms with Crippen LogP contribution in [0, 0.1) is 10.1 Å². The molecule has 2 aliphatic rings. The van der Waals surface area contributed by atoms with E-state index in [4.69, 9.17) is 5.73 Å². The maximum Gasteiger partial charge on any atom is 0.270 e. The number of benzene rings is 2. The van der Waals surface area contributed by atoms with Crippen molar-refractivity contribution in [3.8, 4) is 22.3 Å². The molecule has 2 N–H and O–H groups in total. The number of nitrogens with zero attached hydrogens (tertiary/aromatic N) is 3. The summed E-state index contributed by atoms with van der Waals surface area (Å²) < 4.78 is 0. The first kappa shape index (κ1) is 19.9. The molecule has 2 aromatic heterocycles. The summed E-state index contributed by atoms with van der Waals surface area (Å²) in [4.78, 5) is 19.2. The number of anilines is 1. The normalized spacial score (nSPS) is 12.9. The zero-order chi connectivity index (χ0) is 22.1. The van der Waals surface area contributed by atoms with Crippen LogP contribution in [0.3, 0.4) is 0 Å². The van der Waals surface area contributed by atoms with Crippen LogP contribution in [0.25, 0.3) is 22.3 Å². The molecule has 0 amide bonds. The number of hydrogen-bond donors (Lipinski definition) is 1. The number of aryl methyl sites for hydroxylation is 4. The van der Waals surface area contributed by atoms with Crippen LogP contribution in [0.15, 0.2) is 73.1 Å². The maximum atomic E-state index is 10.8. The van der Waals surface area contributed by atoms with Gasteiger partial charge in [0.05, 0.1) is 4.92 Å². The fourth-order valence-corrected chi connectivity index (χ4v) is 4.48. The van der Waals surface area contributed by atoms with Crippen molar-refractivity contribution in [2.45, 2.75) is 25.7 Å².